The molecule has 106 valence electrons. The Morgan fingerprint density at radius 3 is 2.84 bits per heavy atom. The van der Waals surface area contributed by atoms with Crippen molar-refractivity contribution in [3.63, 3.8) is 0 Å². The van der Waals surface area contributed by atoms with Crippen molar-refractivity contribution in [1.82, 2.24) is 4.37 Å². The molecule has 0 saturated carbocycles. The molecule has 2 heterocycles. The molecular formula is C13H20N2O3S. The highest BCUT2D eigenvalue weighted by molar-refractivity contribution is 7.10. The van der Waals surface area contributed by atoms with Crippen LogP contribution in [0.2, 0.25) is 0 Å². The number of esters is 1. The van der Waals surface area contributed by atoms with Gasteiger partial charge >= 0.3 is 5.97 Å². The van der Waals surface area contributed by atoms with E-state index in [9.17, 15) is 4.79 Å². The zero-order valence-corrected chi connectivity index (χ0v) is 12.4. The van der Waals surface area contributed by atoms with Crippen LogP contribution in [0.25, 0.3) is 0 Å². The maximum absolute atomic E-state index is 12.0. The van der Waals surface area contributed by atoms with Gasteiger partial charge in [-0.05, 0) is 45.1 Å². The Balaban J connectivity index is 2.18. The summed E-state index contributed by atoms with van der Waals surface area (Å²) < 4.78 is 14.7. The number of carbonyl (C=O) groups excluding carboxylic acids is 1. The molecule has 1 N–H and O–H groups in total. The van der Waals surface area contributed by atoms with Gasteiger partial charge < -0.3 is 14.8 Å². The summed E-state index contributed by atoms with van der Waals surface area (Å²) in [5.41, 5.74) is 1.25. The molecule has 0 atom stereocenters. The van der Waals surface area contributed by atoms with Crippen molar-refractivity contribution >= 4 is 22.5 Å². The van der Waals surface area contributed by atoms with Crippen molar-refractivity contribution in [2.45, 2.75) is 39.2 Å². The number of ether oxygens (including phenoxy) is 2. The van der Waals surface area contributed by atoms with Crippen LogP contribution >= 0.6 is 11.5 Å². The van der Waals surface area contributed by atoms with Crippen LogP contribution in [0.15, 0.2) is 0 Å². The Morgan fingerprint density at radius 2 is 2.21 bits per heavy atom. The summed E-state index contributed by atoms with van der Waals surface area (Å²) in [6.07, 6.45) is 1.85. The molecule has 1 aromatic rings. The highest BCUT2D eigenvalue weighted by atomic mass is 32.1. The van der Waals surface area contributed by atoms with Crippen molar-refractivity contribution < 1.29 is 14.3 Å². The molecule has 0 radical (unpaired) electrons. The van der Waals surface area contributed by atoms with E-state index in [2.05, 4.69) is 16.6 Å². The third-order valence-electron chi connectivity index (χ3n) is 3.35. The topological polar surface area (TPSA) is 60.5 Å². The fourth-order valence-electron chi connectivity index (χ4n) is 2.12. The van der Waals surface area contributed by atoms with Gasteiger partial charge in [0.1, 0.15) is 10.6 Å². The standard InChI is InChI=1S/C13H20N2O3S/c1-4-18-12(16)10-9(2)15-19-11(10)14-13(3)5-7-17-8-6-13/h14H,4-8H2,1-3H3. The number of carbonyl (C=O) groups is 1. The fraction of sp³-hybridized carbons (Fsp3) is 0.692. The summed E-state index contributed by atoms with van der Waals surface area (Å²) in [5, 5.41) is 4.27. The van der Waals surface area contributed by atoms with Gasteiger partial charge in [0, 0.05) is 18.8 Å². The molecule has 1 aliphatic heterocycles. The number of hydrogen-bond acceptors (Lipinski definition) is 6. The molecule has 2 rings (SSSR count). The molecular weight excluding hydrogens is 264 g/mol. The van der Waals surface area contributed by atoms with E-state index in [1.807, 2.05) is 6.92 Å². The highest BCUT2D eigenvalue weighted by Gasteiger charge is 2.30. The normalized spacial score (nSPS) is 18.1. The summed E-state index contributed by atoms with van der Waals surface area (Å²) in [4.78, 5) is 12.0. The number of hydrogen-bond donors (Lipinski definition) is 1. The lowest BCUT2D eigenvalue weighted by atomic mass is 9.92. The van der Waals surface area contributed by atoms with Gasteiger partial charge in [0.15, 0.2) is 0 Å². The fourth-order valence-corrected chi connectivity index (χ4v) is 3.05. The molecule has 0 aliphatic carbocycles. The molecule has 5 nitrogen and oxygen atoms in total. The quantitative estimate of drug-likeness (QED) is 0.861. The van der Waals surface area contributed by atoms with Crippen molar-refractivity contribution in [2.75, 3.05) is 25.1 Å². The van der Waals surface area contributed by atoms with E-state index in [-0.39, 0.29) is 11.5 Å². The first kappa shape index (κ1) is 14.3. The summed E-state index contributed by atoms with van der Waals surface area (Å²) in [5.74, 6) is -0.299. The third kappa shape index (κ3) is 3.25. The smallest absolute Gasteiger partial charge is 0.343 e. The average Bonchev–Trinajstić information content (AvgIpc) is 2.71. The van der Waals surface area contributed by atoms with Gasteiger partial charge in [-0.15, -0.1) is 0 Å². The van der Waals surface area contributed by atoms with Crippen molar-refractivity contribution in [3.8, 4) is 0 Å². The van der Waals surface area contributed by atoms with Gasteiger partial charge in [0.05, 0.1) is 12.3 Å². The minimum Gasteiger partial charge on any atom is -0.462 e. The SMILES string of the molecule is CCOC(=O)c1c(C)nsc1NC1(C)CCOCC1. The van der Waals surface area contributed by atoms with Gasteiger partial charge in [-0.1, -0.05) is 0 Å². The molecule has 0 unspecified atom stereocenters. The molecule has 0 amide bonds. The number of anilines is 1. The van der Waals surface area contributed by atoms with E-state index in [1.54, 1.807) is 6.92 Å². The lowest BCUT2D eigenvalue weighted by Gasteiger charge is -2.34. The monoisotopic (exact) mass is 284 g/mol. The minimum atomic E-state index is -0.299. The largest absolute Gasteiger partial charge is 0.462 e. The molecule has 0 bridgehead atoms. The average molecular weight is 284 g/mol. The molecule has 1 aliphatic rings. The Bertz CT molecular complexity index is 453. The predicted molar refractivity (Wildman–Crippen MR) is 74.9 cm³/mol. The van der Waals surface area contributed by atoms with Gasteiger partial charge in [-0.2, -0.15) is 4.37 Å². The van der Waals surface area contributed by atoms with Crippen LogP contribution in [-0.2, 0) is 9.47 Å². The van der Waals surface area contributed by atoms with E-state index in [1.165, 1.54) is 11.5 Å². The number of nitrogens with zero attached hydrogens (tertiary/aromatic N) is 1. The predicted octanol–water partition coefficient (Wildman–Crippen LogP) is 2.61. The first-order valence-electron chi connectivity index (χ1n) is 6.55. The van der Waals surface area contributed by atoms with E-state index >= 15 is 0 Å². The zero-order valence-electron chi connectivity index (χ0n) is 11.6. The summed E-state index contributed by atoms with van der Waals surface area (Å²) in [6.45, 7) is 7.66. The third-order valence-corrected chi connectivity index (χ3v) is 4.21. The van der Waals surface area contributed by atoms with Gasteiger partial charge in [-0.25, -0.2) is 4.79 Å². The summed E-state index contributed by atoms with van der Waals surface area (Å²) in [7, 11) is 0. The molecule has 19 heavy (non-hydrogen) atoms. The Morgan fingerprint density at radius 1 is 1.53 bits per heavy atom. The van der Waals surface area contributed by atoms with Crippen LogP contribution in [0.5, 0.6) is 0 Å². The van der Waals surface area contributed by atoms with Gasteiger partial charge in [-0.3, -0.25) is 0 Å². The zero-order chi connectivity index (χ0) is 13.9. The van der Waals surface area contributed by atoms with Crippen LogP contribution in [-0.4, -0.2) is 35.7 Å². The van der Waals surface area contributed by atoms with Gasteiger partial charge in [0.2, 0.25) is 0 Å². The molecule has 1 aromatic heterocycles. The number of aryl methyl sites for hydroxylation is 1. The first-order chi connectivity index (χ1) is 9.06. The van der Waals surface area contributed by atoms with E-state index in [0.29, 0.717) is 12.2 Å². The van der Waals surface area contributed by atoms with Crippen molar-refractivity contribution in [3.05, 3.63) is 11.3 Å². The highest BCUT2D eigenvalue weighted by Crippen LogP contribution is 2.32. The lowest BCUT2D eigenvalue weighted by Crippen LogP contribution is -2.40. The maximum atomic E-state index is 12.0. The molecule has 0 spiro atoms. The maximum Gasteiger partial charge on any atom is 0.343 e. The molecule has 6 heteroatoms. The second kappa shape index (κ2) is 5.88. The number of aromatic nitrogens is 1. The molecule has 1 saturated heterocycles. The minimum absolute atomic E-state index is 0.0432. The molecule has 1 fully saturated rings. The Hall–Kier alpha value is -1.14. The first-order valence-corrected chi connectivity index (χ1v) is 7.32. The Labute approximate surface area is 117 Å². The van der Waals surface area contributed by atoms with Crippen LogP contribution in [0.4, 0.5) is 5.00 Å². The number of nitrogens with one attached hydrogen (secondary N) is 1. The van der Waals surface area contributed by atoms with Crippen LogP contribution in [0, 0.1) is 6.92 Å². The van der Waals surface area contributed by atoms with Crippen LogP contribution in [0.3, 0.4) is 0 Å². The van der Waals surface area contributed by atoms with Gasteiger partial charge in [0.25, 0.3) is 0 Å². The van der Waals surface area contributed by atoms with E-state index < -0.39 is 0 Å². The summed E-state index contributed by atoms with van der Waals surface area (Å²) in [6, 6.07) is 0. The van der Waals surface area contributed by atoms with Crippen LogP contribution in [0.1, 0.15) is 42.7 Å². The Kier molecular flexibility index (Phi) is 4.42. The second-order valence-corrected chi connectivity index (χ2v) is 5.76. The molecule has 0 aromatic carbocycles. The number of rotatable bonds is 4. The van der Waals surface area contributed by atoms with Crippen molar-refractivity contribution in [1.29, 1.82) is 0 Å². The summed E-state index contributed by atoms with van der Waals surface area (Å²) >= 11 is 1.32. The van der Waals surface area contributed by atoms with E-state index in [4.69, 9.17) is 9.47 Å². The second-order valence-electron chi connectivity index (χ2n) is 4.99. The van der Waals surface area contributed by atoms with Crippen LogP contribution < -0.4 is 5.32 Å². The van der Waals surface area contributed by atoms with Crippen molar-refractivity contribution in [2.24, 2.45) is 0 Å². The van der Waals surface area contributed by atoms with E-state index in [0.717, 1.165) is 36.8 Å². The lowest BCUT2D eigenvalue weighted by molar-refractivity contribution is 0.0526.